The van der Waals surface area contributed by atoms with Crippen LogP contribution in [0.5, 0.6) is 5.19 Å². The Morgan fingerprint density at radius 3 is 2.95 bits per heavy atom. The van der Waals surface area contributed by atoms with Gasteiger partial charge in [0.2, 0.25) is 0 Å². The van der Waals surface area contributed by atoms with Gasteiger partial charge in [-0.15, -0.1) is 0 Å². The van der Waals surface area contributed by atoms with E-state index in [0.29, 0.717) is 29.7 Å². The number of likely N-dealkylation sites (tertiary alicyclic amines) is 1. The molecule has 0 radical (unpaired) electrons. The highest BCUT2D eigenvalue weighted by molar-refractivity contribution is 7.20. The SMILES string of the molecule is Cc1cc(C(=O)N2CC(Oc3nc4ccccc4s3)C2)no1. The number of aromatic nitrogens is 2. The molecule has 3 heterocycles. The Labute approximate surface area is 130 Å². The van der Waals surface area contributed by atoms with Crippen LogP contribution < -0.4 is 4.74 Å². The molecule has 0 aliphatic carbocycles. The third-order valence-electron chi connectivity index (χ3n) is 3.52. The molecule has 112 valence electrons. The van der Waals surface area contributed by atoms with E-state index in [1.165, 1.54) is 11.3 Å². The van der Waals surface area contributed by atoms with Gasteiger partial charge in [-0.25, -0.2) is 4.98 Å². The average molecular weight is 315 g/mol. The summed E-state index contributed by atoms with van der Waals surface area (Å²) in [5.41, 5.74) is 1.28. The minimum absolute atomic E-state index is 0.0162. The van der Waals surface area contributed by atoms with E-state index in [1.807, 2.05) is 24.3 Å². The van der Waals surface area contributed by atoms with Gasteiger partial charge in [0.1, 0.15) is 11.9 Å². The number of fused-ring (bicyclic) bond motifs is 1. The maximum atomic E-state index is 12.1. The molecule has 1 aliphatic rings. The van der Waals surface area contributed by atoms with Gasteiger partial charge < -0.3 is 14.2 Å². The van der Waals surface area contributed by atoms with Crippen LogP contribution in [0, 0.1) is 6.92 Å². The van der Waals surface area contributed by atoms with Crippen LogP contribution in [-0.4, -0.2) is 40.1 Å². The number of carbonyl (C=O) groups is 1. The Balaban J connectivity index is 1.38. The first-order chi connectivity index (χ1) is 10.7. The first-order valence-electron chi connectivity index (χ1n) is 6.94. The second-order valence-corrected chi connectivity index (χ2v) is 6.21. The zero-order valence-corrected chi connectivity index (χ0v) is 12.7. The molecule has 0 spiro atoms. The molecule has 0 unspecified atom stereocenters. The summed E-state index contributed by atoms with van der Waals surface area (Å²) in [4.78, 5) is 18.2. The normalized spacial score (nSPS) is 15.0. The van der Waals surface area contributed by atoms with E-state index in [1.54, 1.807) is 17.9 Å². The van der Waals surface area contributed by atoms with Crippen molar-refractivity contribution in [2.45, 2.75) is 13.0 Å². The van der Waals surface area contributed by atoms with E-state index in [-0.39, 0.29) is 12.0 Å². The van der Waals surface area contributed by atoms with Crippen LogP contribution in [0.2, 0.25) is 0 Å². The molecule has 7 heteroatoms. The van der Waals surface area contributed by atoms with E-state index >= 15 is 0 Å². The first kappa shape index (κ1) is 13.3. The van der Waals surface area contributed by atoms with Crippen molar-refractivity contribution in [3.63, 3.8) is 0 Å². The number of rotatable bonds is 3. The monoisotopic (exact) mass is 315 g/mol. The number of nitrogens with zero attached hydrogens (tertiary/aromatic N) is 3. The number of para-hydroxylation sites is 1. The van der Waals surface area contributed by atoms with E-state index in [4.69, 9.17) is 9.26 Å². The number of hydrogen-bond acceptors (Lipinski definition) is 6. The molecular weight excluding hydrogens is 302 g/mol. The molecule has 1 saturated heterocycles. The van der Waals surface area contributed by atoms with Crippen molar-refractivity contribution < 1.29 is 14.1 Å². The topological polar surface area (TPSA) is 68.5 Å². The highest BCUT2D eigenvalue weighted by Crippen LogP contribution is 2.29. The summed E-state index contributed by atoms with van der Waals surface area (Å²) in [5.74, 6) is 0.507. The zero-order valence-electron chi connectivity index (χ0n) is 11.9. The van der Waals surface area contributed by atoms with Crippen molar-refractivity contribution in [2.24, 2.45) is 0 Å². The van der Waals surface area contributed by atoms with Gasteiger partial charge in [-0.3, -0.25) is 4.79 Å². The summed E-state index contributed by atoms with van der Waals surface area (Å²) in [6, 6.07) is 9.55. The lowest BCUT2D eigenvalue weighted by Gasteiger charge is -2.37. The Kier molecular flexibility index (Phi) is 3.07. The third-order valence-corrected chi connectivity index (χ3v) is 4.45. The largest absolute Gasteiger partial charge is 0.463 e. The lowest BCUT2D eigenvalue weighted by molar-refractivity contribution is 0.0170. The Hall–Kier alpha value is -2.41. The molecule has 4 rings (SSSR count). The minimum Gasteiger partial charge on any atom is -0.463 e. The fraction of sp³-hybridized carbons (Fsp3) is 0.267. The van der Waals surface area contributed by atoms with E-state index < -0.39 is 0 Å². The van der Waals surface area contributed by atoms with Crippen LogP contribution in [0.3, 0.4) is 0 Å². The third kappa shape index (κ3) is 2.33. The molecule has 6 nitrogen and oxygen atoms in total. The summed E-state index contributed by atoms with van der Waals surface area (Å²) in [7, 11) is 0. The van der Waals surface area contributed by atoms with Gasteiger partial charge >= 0.3 is 0 Å². The maximum Gasteiger partial charge on any atom is 0.276 e. The second kappa shape index (κ2) is 5.10. The maximum absolute atomic E-state index is 12.1. The van der Waals surface area contributed by atoms with Crippen molar-refractivity contribution in [1.29, 1.82) is 0 Å². The molecule has 0 atom stereocenters. The van der Waals surface area contributed by atoms with Crippen LogP contribution in [0.25, 0.3) is 10.2 Å². The van der Waals surface area contributed by atoms with Crippen molar-refractivity contribution >= 4 is 27.5 Å². The molecule has 1 fully saturated rings. The summed E-state index contributed by atoms with van der Waals surface area (Å²) in [5, 5.41) is 4.39. The number of hydrogen-bond donors (Lipinski definition) is 0. The summed E-state index contributed by atoms with van der Waals surface area (Å²) < 4.78 is 11.8. The minimum atomic E-state index is -0.124. The highest BCUT2D eigenvalue weighted by Gasteiger charge is 2.34. The van der Waals surface area contributed by atoms with Crippen LogP contribution in [0.4, 0.5) is 0 Å². The predicted octanol–water partition coefficient (Wildman–Crippen LogP) is 2.50. The molecule has 22 heavy (non-hydrogen) atoms. The molecule has 3 aromatic rings. The summed E-state index contributed by atoms with van der Waals surface area (Å²) in [6.45, 7) is 2.85. The van der Waals surface area contributed by atoms with Crippen molar-refractivity contribution in [1.82, 2.24) is 15.0 Å². The Bertz CT molecular complexity index is 802. The number of ether oxygens (including phenoxy) is 1. The molecule has 0 N–H and O–H groups in total. The van der Waals surface area contributed by atoms with Gasteiger partial charge in [0.25, 0.3) is 11.1 Å². The number of aryl methyl sites for hydroxylation is 1. The number of thiazole rings is 1. The molecule has 1 aliphatic heterocycles. The zero-order chi connectivity index (χ0) is 15.1. The van der Waals surface area contributed by atoms with Gasteiger partial charge in [0.05, 0.1) is 23.3 Å². The standard InChI is InChI=1S/C15H13N3O3S/c1-9-6-12(17-21-9)14(19)18-7-10(8-18)20-15-16-11-4-2-3-5-13(11)22-15/h2-6,10H,7-8H2,1H3. The molecule has 1 amide bonds. The lowest BCUT2D eigenvalue weighted by atomic mass is 10.1. The highest BCUT2D eigenvalue weighted by atomic mass is 32.1. The molecule has 1 aromatic carbocycles. The van der Waals surface area contributed by atoms with Gasteiger partial charge in [0, 0.05) is 6.07 Å². The smallest absolute Gasteiger partial charge is 0.276 e. The second-order valence-electron chi connectivity index (χ2n) is 5.22. The van der Waals surface area contributed by atoms with Gasteiger partial charge in [-0.1, -0.05) is 28.6 Å². The molecule has 0 saturated carbocycles. The van der Waals surface area contributed by atoms with Gasteiger partial charge in [0.15, 0.2) is 5.69 Å². The fourth-order valence-electron chi connectivity index (χ4n) is 2.35. The summed E-state index contributed by atoms with van der Waals surface area (Å²) >= 11 is 1.52. The molecule has 2 aromatic heterocycles. The number of benzene rings is 1. The molecular formula is C15H13N3O3S. The van der Waals surface area contributed by atoms with Crippen molar-refractivity contribution in [3.05, 3.63) is 41.8 Å². The quantitative estimate of drug-likeness (QED) is 0.743. The van der Waals surface area contributed by atoms with Crippen LogP contribution >= 0.6 is 11.3 Å². The number of carbonyl (C=O) groups excluding carboxylic acids is 1. The van der Waals surface area contributed by atoms with E-state index in [0.717, 1.165) is 10.2 Å². The van der Waals surface area contributed by atoms with Gasteiger partial charge in [-0.2, -0.15) is 0 Å². The first-order valence-corrected chi connectivity index (χ1v) is 7.75. The van der Waals surface area contributed by atoms with E-state index in [9.17, 15) is 4.79 Å². The Morgan fingerprint density at radius 1 is 1.41 bits per heavy atom. The van der Waals surface area contributed by atoms with Crippen LogP contribution in [-0.2, 0) is 0 Å². The van der Waals surface area contributed by atoms with E-state index in [2.05, 4.69) is 10.1 Å². The van der Waals surface area contributed by atoms with Crippen LogP contribution in [0.1, 0.15) is 16.2 Å². The van der Waals surface area contributed by atoms with Crippen molar-refractivity contribution in [2.75, 3.05) is 13.1 Å². The fourth-order valence-corrected chi connectivity index (χ4v) is 3.23. The predicted molar refractivity (Wildman–Crippen MR) is 81.2 cm³/mol. The summed E-state index contributed by atoms with van der Waals surface area (Å²) in [6.07, 6.45) is -0.0162. The Morgan fingerprint density at radius 2 is 2.23 bits per heavy atom. The van der Waals surface area contributed by atoms with Crippen LogP contribution in [0.15, 0.2) is 34.9 Å². The van der Waals surface area contributed by atoms with Gasteiger partial charge in [-0.05, 0) is 19.1 Å². The lowest BCUT2D eigenvalue weighted by Crippen LogP contribution is -2.56. The van der Waals surface area contributed by atoms with Crippen molar-refractivity contribution in [3.8, 4) is 5.19 Å². The average Bonchev–Trinajstić information content (AvgIpc) is 3.07. The number of amides is 1. The molecule has 0 bridgehead atoms.